The molecule has 1 aromatic rings. The summed E-state index contributed by atoms with van der Waals surface area (Å²) >= 11 is 5.69. The largest absolute Gasteiger partial charge is 0.355 e. The number of carbonyl (C=O) groups is 1. The van der Waals surface area contributed by atoms with Gasteiger partial charge in [-0.05, 0) is 25.0 Å². The van der Waals surface area contributed by atoms with Gasteiger partial charge in [-0.15, -0.1) is 10.2 Å². The Kier molecular flexibility index (Phi) is 3.78. The Morgan fingerprint density at radius 3 is 2.65 bits per heavy atom. The van der Waals surface area contributed by atoms with E-state index in [4.69, 9.17) is 11.6 Å². The number of piperidine rings is 1. The third-order valence-electron chi connectivity index (χ3n) is 2.84. The molecule has 0 bridgehead atoms. The maximum Gasteiger partial charge on any atom is 0.217 e. The number of hydrogen-bond acceptors (Lipinski definition) is 4. The zero-order valence-electron chi connectivity index (χ0n) is 9.69. The molecule has 2 heterocycles. The number of nitrogens with zero attached hydrogens (tertiary/aromatic N) is 3. The molecule has 1 aliphatic rings. The van der Waals surface area contributed by atoms with Gasteiger partial charge in [0.1, 0.15) is 0 Å². The first-order valence-corrected chi connectivity index (χ1v) is 6.04. The van der Waals surface area contributed by atoms with Crippen LogP contribution in [0.3, 0.4) is 0 Å². The molecule has 1 N–H and O–H groups in total. The van der Waals surface area contributed by atoms with E-state index in [1.54, 1.807) is 13.0 Å². The molecule has 1 amide bonds. The lowest BCUT2D eigenvalue weighted by Crippen LogP contribution is -2.44. The van der Waals surface area contributed by atoms with Gasteiger partial charge in [0.25, 0.3) is 0 Å². The molecule has 5 nitrogen and oxygen atoms in total. The molecule has 0 saturated carbocycles. The van der Waals surface area contributed by atoms with Crippen molar-refractivity contribution in [3.05, 3.63) is 17.3 Å². The maximum atomic E-state index is 10.9. The number of rotatable bonds is 2. The standard InChI is InChI=1S/C11H15ClN4O/c1-8(17)13-9-4-6-16(7-5-9)11-3-2-10(12)14-15-11/h2-3,9H,4-7H2,1H3,(H,13,17). The SMILES string of the molecule is CC(=O)NC1CCN(c2ccc(Cl)nn2)CC1. The van der Waals surface area contributed by atoms with Crippen LogP contribution in [0.1, 0.15) is 19.8 Å². The number of aromatic nitrogens is 2. The molecule has 92 valence electrons. The highest BCUT2D eigenvalue weighted by atomic mass is 35.5. The summed E-state index contributed by atoms with van der Waals surface area (Å²) in [5, 5.41) is 11.2. The van der Waals surface area contributed by atoms with Gasteiger partial charge in [-0.3, -0.25) is 4.79 Å². The predicted molar refractivity (Wildman–Crippen MR) is 66.1 cm³/mol. The van der Waals surface area contributed by atoms with E-state index in [-0.39, 0.29) is 11.9 Å². The Labute approximate surface area is 105 Å². The highest BCUT2D eigenvalue weighted by Crippen LogP contribution is 2.18. The summed E-state index contributed by atoms with van der Waals surface area (Å²) in [6.07, 6.45) is 1.87. The van der Waals surface area contributed by atoms with Gasteiger partial charge in [0.15, 0.2) is 11.0 Å². The Balaban J connectivity index is 1.90. The van der Waals surface area contributed by atoms with Crippen molar-refractivity contribution in [3.8, 4) is 0 Å². The van der Waals surface area contributed by atoms with Crippen LogP contribution in [0.5, 0.6) is 0 Å². The number of amides is 1. The van der Waals surface area contributed by atoms with Gasteiger partial charge in [0.05, 0.1) is 0 Å². The second kappa shape index (κ2) is 5.31. The fraction of sp³-hybridized carbons (Fsp3) is 0.545. The third-order valence-corrected chi connectivity index (χ3v) is 3.05. The van der Waals surface area contributed by atoms with Crippen molar-refractivity contribution in [2.75, 3.05) is 18.0 Å². The summed E-state index contributed by atoms with van der Waals surface area (Å²) < 4.78 is 0. The molecule has 0 radical (unpaired) electrons. The fourth-order valence-electron chi connectivity index (χ4n) is 2.02. The molecule has 1 saturated heterocycles. The van der Waals surface area contributed by atoms with E-state index in [1.807, 2.05) is 6.07 Å². The molecular weight excluding hydrogens is 240 g/mol. The van der Waals surface area contributed by atoms with Gasteiger partial charge in [0, 0.05) is 26.1 Å². The highest BCUT2D eigenvalue weighted by Gasteiger charge is 2.20. The lowest BCUT2D eigenvalue weighted by atomic mass is 10.1. The number of halogens is 1. The lowest BCUT2D eigenvalue weighted by molar-refractivity contribution is -0.119. The average molecular weight is 255 g/mol. The molecule has 17 heavy (non-hydrogen) atoms. The van der Waals surface area contributed by atoms with Crippen molar-refractivity contribution in [2.45, 2.75) is 25.8 Å². The quantitative estimate of drug-likeness (QED) is 0.863. The van der Waals surface area contributed by atoms with Crippen LogP contribution in [0.15, 0.2) is 12.1 Å². The molecule has 2 rings (SSSR count). The van der Waals surface area contributed by atoms with Crippen LogP contribution < -0.4 is 10.2 Å². The Morgan fingerprint density at radius 1 is 1.41 bits per heavy atom. The van der Waals surface area contributed by atoms with Gasteiger partial charge in [-0.25, -0.2) is 0 Å². The summed E-state index contributed by atoms with van der Waals surface area (Å²) in [7, 11) is 0. The minimum absolute atomic E-state index is 0.0368. The summed E-state index contributed by atoms with van der Waals surface area (Å²) in [6, 6.07) is 3.89. The summed E-state index contributed by atoms with van der Waals surface area (Å²) in [5.41, 5.74) is 0. The van der Waals surface area contributed by atoms with Gasteiger partial charge >= 0.3 is 0 Å². The van der Waals surface area contributed by atoms with Crippen LogP contribution in [0.25, 0.3) is 0 Å². The molecule has 0 spiro atoms. The Morgan fingerprint density at radius 2 is 2.12 bits per heavy atom. The van der Waals surface area contributed by atoms with E-state index in [0.29, 0.717) is 5.15 Å². The molecule has 1 aliphatic heterocycles. The third kappa shape index (κ3) is 3.30. The smallest absolute Gasteiger partial charge is 0.217 e. The van der Waals surface area contributed by atoms with E-state index in [0.717, 1.165) is 31.7 Å². The van der Waals surface area contributed by atoms with Crippen LogP contribution in [0.4, 0.5) is 5.82 Å². The van der Waals surface area contributed by atoms with Crippen LogP contribution in [-0.2, 0) is 4.79 Å². The first-order chi connectivity index (χ1) is 8.15. The van der Waals surface area contributed by atoms with Crippen molar-refractivity contribution in [3.63, 3.8) is 0 Å². The fourth-order valence-corrected chi connectivity index (χ4v) is 2.12. The van der Waals surface area contributed by atoms with Gasteiger partial charge < -0.3 is 10.2 Å². The molecule has 1 fully saturated rings. The van der Waals surface area contributed by atoms with Crippen LogP contribution in [0, 0.1) is 0 Å². The van der Waals surface area contributed by atoms with Crippen molar-refractivity contribution in [1.29, 1.82) is 0 Å². The lowest BCUT2D eigenvalue weighted by Gasteiger charge is -2.32. The normalized spacial score (nSPS) is 16.9. The van der Waals surface area contributed by atoms with E-state index < -0.39 is 0 Å². The van der Waals surface area contributed by atoms with E-state index in [1.165, 1.54) is 0 Å². The molecular formula is C11H15ClN4O. The van der Waals surface area contributed by atoms with Gasteiger partial charge in [-0.2, -0.15) is 0 Å². The predicted octanol–water partition coefficient (Wildman–Crippen LogP) is 1.23. The highest BCUT2D eigenvalue weighted by molar-refractivity contribution is 6.29. The molecule has 0 aliphatic carbocycles. The van der Waals surface area contributed by atoms with E-state index in [9.17, 15) is 4.79 Å². The van der Waals surface area contributed by atoms with E-state index in [2.05, 4.69) is 20.4 Å². The van der Waals surface area contributed by atoms with Crippen LogP contribution in [-0.4, -0.2) is 35.2 Å². The minimum Gasteiger partial charge on any atom is -0.355 e. The average Bonchev–Trinajstić information content (AvgIpc) is 2.30. The first-order valence-electron chi connectivity index (χ1n) is 5.66. The van der Waals surface area contributed by atoms with Crippen LogP contribution >= 0.6 is 11.6 Å². The second-order valence-corrected chi connectivity index (χ2v) is 4.56. The number of nitrogens with one attached hydrogen (secondary N) is 1. The Hall–Kier alpha value is -1.36. The molecule has 0 aromatic carbocycles. The topological polar surface area (TPSA) is 58.1 Å². The number of anilines is 1. The number of hydrogen-bond donors (Lipinski definition) is 1. The van der Waals surface area contributed by atoms with Crippen molar-refractivity contribution in [1.82, 2.24) is 15.5 Å². The van der Waals surface area contributed by atoms with Gasteiger partial charge in [-0.1, -0.05) is 11.6 Å². The molecule has 0 unspecified atom stereocenters. The zero-order chi connectivity index (χ0) is 12.3. The van der Waals surface area contributed by atoms with E-state index >= 15 is 0 Å². The van der Waals surface area contributed by atoms with Crippen LogP contribution in [0.2, 0.25) is 5.15 Å². The minimum atomic E-state index is 0.0368. The molecule has 1 aromatic heterocycles. The summed E-state index contributed by atoms with van der Waals surface area (Å²) in [6.45, 7) is 3.31. The summed E-state index contributed by atoms with van der Waals surface area (Å²) in [4.78, 5) is 13.1. The van der Waals surface area contributed by atoms with Crippen molar-refractivity contribution in [2.24, 2.45) is 0 Å². The monoisotopic (exact) mass is 254 g/mol. The second-order valence-electron chi connectivity index (χ2n) is 4.18. The zero-order valence-corrected chi connectivity index (χ0v) is 10.4. The van der Waals surface area contributed by atoms with Crippen molar-refractivity contribution < 1.29 is 4.79 Å². The first kappa shape index (κ1) is 12.1. The Bertz CT molecular complexity index is 387. The molecule has 6 heteroatoms. The van der Waals surface area contributed by atoms with Gasteiger partial charge in [0.2, 0.25) is 5.91 Å². The van der Waals surface area contributed by atoms with Crippen molar-refractivity contribution >= 4 is 23.3 Å². The summed E-state index contributed by atoms with van der Waals surface area (Å²) in [5.74, 6) is 0.880. The molecule has 0 atom stereocenters. The maximum absolute atomic E-state index is 10.9. The number of carbonyl (C=O) groups excluding carboxylic acids is 1.